The highest BCUT2D eigenvalue weighted by Gasteiger charge is 2.20. The van der Waals surface area contributed by atoms with Crippen LogP contribution < -0.4 is 0 Å². The lowest BCUT2D eigenvalue weighted by Gasteiger charge is -2.33. The molecule has 1 aliphatic heterocycles. The minimum absolute atomic E-state index is 0.0708. The first-order valence-corrected chi connectivity index (χ1v) is 9.57. The molecule has 2 aromatic rings. The summed E-state index contributed by atoms with van der Waals surface area (Å²) < 4.78 is 2.67. The summed E-state index contributed by atoms with van der Waals surface area (Å²) in [6, 6.07) is 4.01. The van der Waals surface area contributed by atoms with E-state index in [-0.39, 0.29) is 5.91 Å². The van der Waals surface area contributed by atoms with E-state index in [0.29, 0.717) is 0 Å². The number of hydrogen-bond donors (Lipinski definition) is 0. The molecule has 0 atom stereocenters. The fourth-order valence-electron chi connectivity index (χ4n) is 3.07. The van der Waals surface area contributed by atoms with Gasteiger partial charge in [-0.25, -0.2) is 0 Å². The summed E-state index contributed by atoms with van der Waals surface area (Å²) in [5, 5.41) is 4.38. The summed E-state index contributed by atoms with van der Waals surface area (Å²) in [5.74, 6) is 0.0708. The standard InChI is InChI=1S/C18H23ClN4OS/c1-13-16(14(2)21(3)20-13)5-7-18(24)23-10-8-22(9-11-23)12-15-4-6-17(19)25-15/h4-7H,8-12H2,1-3H3/b7-5+. The van der Waals surface area contributed by atoms with Crippen molar-refractivity contribution in [3.05, 3.63) is 44.4 Å². The second kappa shape index (κ2) is 7.72. The number of carbonyl (C=O) groups excluding carboxylic acids is 1. The molecule has 0 N–H and O–H groups in total. The third kappa shape index (κ3) is 4.32. The Labute approximate surface area is 157 Å². The van der Waals surface area contributed by atoms with E-state index in [1.807, 2.05) is 42.6 Å². The second-order valence-corrected chi connectivity index (χ2v) is 8.15. The van der Waals surface area contributed by atoms with Gasteiger partial charge >= 0.3 is 0 Å². The van der Waals surface area contributed by atoms with Crippen molar-refractivity contribution in [2.24, 2.45) is 7.05 Å². The Hall–Kier alpha value is -1.63. The van der Waals surface area contributed by atoms with Crippen LogP contribution in [-0.4, -0.2) is 51.7 Å². The van der Waals surface area contributed by atoms with Gasteiger partial charge in [-0.05, 0) is 32.1 Å². The molecule has 7 heteroatoms. The van der Waals surface area contributed by atoms with Gasteiger partial charge in [0.25, 0.3) is 0 Å². The highest BCUT2D eigenvalue weighted by Crippen LogP contribution is 2.23. The van der Waals surface area contributed by atoms with Gasteiger partial charge in [0.15, 0.2) is 0 Å². The molecule has 1 aliphatic rings. The number of rotatable bonds is 4. The normalized spacial score (nSPS) is 16.1. The summed E-state index contributed by atoms with van der Waals surface area (Å²) in [6.07, 6.45) is 3.56. The zero-order valence-electron chi connectivity index (χ0n) is 14.8. The topological polar surface area (TPSA) is 41.4 Å². The van der Waals surface area contributed by atoms with Crippen LogP contribution in [0.15, 0.2) is 18.2 Å². The van der Waals surface area contributed by atoms with Gasteiger partial charge in [-0.2, -0.15) is 5.10 Å². The molecule has 0 aromatic carbocycles. The molecule has 1 fully saturated rings. The molecule has 25 heavy (non-hydrogen) atoms. The smallest absolute Gasteiger partial charge is 0.246 e. The third-order valence-electron chi connectivity index (χ3n) is 4.65. The summed E-state index contributed by atoms with van der Waals surface area (Å²) in [6.45, 7) is 8.18. The third-order valence-corrected chi connectivity index (χ3v) is 5.87. The van der Waals surface area contributed by atoms with Crippen LogP contribution in [0.4, 0.5) is 0 Å². The van der Waals surface area contributed by atoms with Gasteiger partial charge in [0.1, 0.15) is 0 Å². The largest absolute Gasteiger partial charge is 0.337 e. The lowest BCUT2D eigenvalue weighted by molar-refractivity contribution is -0.127. The number of amides is 1. The SMILES string of the molecule is Cc1nn(C)c(C)c1/C=C/C(=O)N1CCN(Cc2ccc(Cl)s2)CC1. The molecule has 1 saturated heterocycles. The number of carbonyl (C=O) groups is 1. The van der Waals surface area contributed by atoms with E-state index in [0.717, 1.165) is 54.0 Å². The lowest BCUT2D eigenvalue weighted by Crippen LogP contribution is -2.47. The lowest BCUT2D eigenvalue weighted by atomic mass is 10.2. The Balaban J connectivity index is 1.53. The quantitative estimate of drug-likeness (QED) is 0.767. The van der Waals surface area contributed by atoms with Crippen LogP contribution in [0, 0.1) is 13.8 Å². The van der Waals surface area contributed by atoms with Gasteiger partial charge < -0.3 is 4.90 Å². The van der Waals surface area contributed by atoms with E-state index in [2.05, 4.69) is 16.1 Å². The Morgan fingerprint density at radius 2 is 2.00 bits per heavy atom. The molecule has 3 heterocycles. The van der Waals surface area contributed by atoms with Crippen molar-refractivity contribution in [3.8, 4) is 0 Å². The summed E-state index contributed by atoms with van der Waals surface area (Å²) >= 11 is 7.61. The first kappa shape index (κ1) is 18.2. The van der Waals surface area contributed by atoms with Crippen LogP contribution in [0.3, 0.4) is 0 Å². The average Bonchev–Trinajstić information content (AvgIpc) is 3.09. The van der Waals surface area contributed by atoms with Gasteiger partial charge in [0.05, 0.1) is 10.0 Å². The highest BCUT2D eigenvalue weighted by atomic mass is 35.5. The van der Waals surface area contributed by atoms with E-state index in [1.165, 1.54) is 4.88 Å². The van der Waals surface area contributed by atoms with E-state index < -0.39 is 0 Å². The minimum Gasteiger partial charge on any atom is -0.337 e. The van der Waals surface area contributed by atoms with Crippen molar-refractivity contribution in [2.45, 2.75) is 20.4 Å². The Kier molecular flexibility index (Phi) is 5.61. The van der Waals surface area contributed by atoms with Crippen molar-refractivity contribution >= 4 is 34.9 Å². The molecule has 0 spiro atoms. The fourth-order valence-corrected chi connectivity index (χ4v) is 4.20. The summed E-state index contributed by atoms with van der Waals surface area (Å²) in [4.78, 5) is 18.0. The minimum atomic E-state index is 0.0708. The van der Waals surface area contributed by atoms with Crippen LogP contribution >= 0.6 is 22.9 Å². The zero-order valence-corrected chi connectivity index (χ0v) is 16.4. The van der Waals surface area contributed by atoms with E-state index in [9.17, 15) is 4.79 Å². The number of hydrogen-bond acceptors (Lipinski definition) is 4. The summed E-state index contributed by atoms with van der Waals surface area (Å²) in [7, 11) is 1.92. The van der Waals surface area contributed by atoms with Gasteiger partial charge in [-0.15, -0.1) is 11.3 Å². The molecule has 0 bridgehead atoms. The average molecular weight is 379 g/mol. The molecule has 3 rings (SSSR count). The summed E-state index contributed by atoms with van der Waals surface area (Å²) in [5.41, 5.74) is 3.05. The Bertz CT molecular complexity index is 787. The number of nitrogens with zero attached hydrogens (tertiary/aromatic N) is 4. The predicted molar refractivity (Wildman–Crippen MR) is 103 cm³/mol. The molecule has 2 aromatic heterocycles. The van der Waals surface area contributed by atoms with Crippen LogP contribution in [-0.2, 0) is 18.4 Å². The second-order valence-electron chi connectivity index (χ2n) is 6.35. The van der Waals surface area contributed by atoms with E-state index >= 15 is 0 Å². The monoisotopic (exact) mass is 378 g/mol. The Morgan fingerprint density at radius 3 is 2.56 bits per heavy atom. The van der Waals surface area contributed by atoms with E-state index in [4.69, 9.17) is 11.6 Å². The molecular weight excluding hydrogens is 356 g/mol. The molecule has 0 aliphatic carbocycles. The van der Waals surface area contributed by atoms with E-state index in [1.54, 1.807) is 17.4 Å². The zero-order chi connectivity index (χ0) is 18.0. The molecule has 5 nitrogen and oxygen atoms in total. The number of aryl methyl sites for hydroxylation is 2. The van der Waals surface area contributed by atoms with Crippen LogP contribution in [0.2, 0.25) is 4.34 Å². The van der Waals surface area contributed by atoms with Gasteiger partial charge in [-0.3, -0.25) is 14.4 Å². The fraction of sp³-hybridized carbons (Fsp3) is 0.444. The highest BCUT2D eigenvalue weighted by molar-refractivity contribution is 7.16. The van der Waals surface area contributed by atoms with Gasteiger partial charge in [0.2, 0.25) is 5.91 Å². The number of thiophene rings is 1. The molecule has 0 saturated carbocycles. The van der Waals surface area contributed by atoms with Gasteiger partial charge in [0, 0.05) is 62.0 Å². The Morgan fingerprint density at radius 1 is 1.28 bits per heavy atom. The molecule has 0 unspecified atom stereocenters. The van der Waals surface area contributed by atoms with Crippen LogP contribution in [0.5, 0.6) is 0 Å². The maximum absolute atomic E-state index is 12.4. The van der Waals surface area contributed by atoms with Crippen LogP contribution in [0.25, 0.3) is 6.08 Å². The molecule has 0 radical (unpaired) electrons. The van der Waals surface area contributed by atoms with Crippen LogP contribution in [0.1, 0.15) is 21.8 Å². The predicted octanol–water partition coefficient (Wildman–Crippen LogP) is 3.11. The maximum atomic E-state index is 12.4. The van der Waals surface area contributed by atoms with Gasteiger partial charge in [-0.1, -0.05) is 11.6 Å². The molecule has 134 valence electrons. The van der Waals surface area contributed by atoms with Crippen molar-refractivity contribution in [3.63, 3.8) is 0 Å². The van der Waals surface area contributed by atoms with Crippen molar-refractivity contribution in [1.29, 1.82) is 0 Å². The first-order chi connectivity index (χ1) is 11.9. The maximum Gasteiger partial charge on any atom is 0.246 e. The molecule has 1 amide bonds. The molecular formula is C18H23ClN4OS. The number of piperazine rings is 1. The first-order valence-electron chi connectivity index (χ1n) is 8.38. The number of halogens is 1. The van der Waals surface area contributed by atoms with Crippen molar-refractivity contribution in [1.82, 2.24) is 19.6 Å². The van der Waals surface area contributed by atoms with Crippen molar-refractivity contribution < 1.29 is 4.79 Å². The number of aromatic nitrogens is 2. The van der Waals surface area contributed by atoms with Crippen molar-refractivity contribution in [2.75, 3.05) is 26.2 Å².